The largest absolute Gasteiger partial charge is 0.383 e. The number of benzene rings is 2. The van der Waals surface area contributed by atoms with Crippen molar-refractivity contribution in [2.24, 2.45) is 13.0 Å². The maximum Gasteiger partial charge on any atom is 0.272 e. The minimum atomic E-state index is -2.82. The highest BCUT2D eigenvalue weighted by atomic mass is 19.3. The quantitative estimate of drug-likeness (QED) is 0.418. The Hall–Kier alpha value is -4.15. The number of halogens is 3. The second-order valence-electron chi connectivity index (χ2n) is 8.91. The Morgan fingerprint density at radius 1 is 1.17 bits per heavy atom. The van der Waals surface area contributed by atoms with Gasteiger partial charge in [-0.1, -0.05) is 12.1 Å². The van der Waals surface area contributed by atoms with Crippen molar-refractivity contribution in [1.29, 1.82) is 0 Å². The average molecular weight is 496 g/mol. The topological polar surface area (TPSA) is 97.3 Å². The van der Waals surface area contributed by atoms with E-state index in [2.05, 4.69) is 10.1 Å². The zero-order chi connectivity index (χ0) is 25.7. The highest BCUT2D eigenvalue weighted by Crippen LogP contribution is 2.33. The van der Waals surface area contributed by atoms with Crippen molar-refractivity contribution in [3.05, 3.63) is 65.1 Å². The Morgan fingerprint density at radius 3 is 2.58 bits per heavy atom. The normalized spacial score (nSPS) is 13.5. The molecule has 2 amide bonds. The molecule has 1 aliphatic carbocycles. The van der Waals surface area contributed by atoms with E-state index < -0.39 is 23.7 Å². The minimum absolute atomic E-state index is 0.00690. The van der Waals surface area contributed by atoms with Crippen LogP contribution in [0.5, 0.6) is 0 Å². The first-order valence-electron chi connectivity index (χ1n) is 11.3. The van der Waals surface area contributed by atoms with Crippen molar-refractivity contribution >= 4 is 39.4 Å². The SMILES string of the molecule is CN(C(=O)C1CC1)N(Cc1ccc(C(F)F)cc1F)C(=O)c1ccc2nc(N)c3cnn(C)c3c2c1. The number of carbonyl (C=O) groups is 2. The van der Waals surface area contributed by atoms with Gasteiger partial charge >= 0.3 is 0 Å². The molecule has 36 heavy (non-hydrogen) atoms. The van der Waals surface area contributed by atoms with E-state index in [0.717, 1.165) is 17.1 Å². The molecule has 0 aliphatic heterocycles. The van der Waals surface area contributed by atoms with Gasteiger partial charge in [-0.05, 0) is 37.1 Å². The second-order valence-corrected chi connectivity index (χ2v) is 8.91. The van der Waals surface area contributed by atoms with Gasteiger partial charge in [0.2, 0.25) is 5.91 Å². The van der Waals surface area contributed by atoms with Gasteiger partial charge in [0.25, 0.3) is 12.3 Å². The molecule has 8 nitrogen and oxygen atoms in total. The molecule has 2 aromatic heterocycles. The fraction of sp³-hybridized carbons (Fsp3) is 0.280. The van der Waals surface area contributed by atoms with Crippen LogP contribution in [0.15, 0.2) is 42.6 Å². The molecule has 0 spiro atoms. The zero-order valence-corrected chi connectivity index (χ0v) is 19.6. The lowest BCUT2D eigenvalue weighted by Crippen LogP contribution is -2.47. The summed E-state index contributed by atoms with van der Waals surface area (Å²) >= 11 is 0. The maximum atomic E-state index is 14.7. The van der Waals surface area contributed by atoms with E-state index in [1.165, 1.54) is 18.1 Å². The van der Waals surface area contributed by atoms with E-state index in [4.69, 9.17) is 5.73 Å². The van der Waals surface area contributed by atoms with Crippen LogP contribution in [0.1, 0.15) is 40.8 Å². The number of nitrogens with two attached hydrogens (primary N) is 1. The molecule has 5 rings (SSSR count). The van der Waals surface area contributed by atoms with Crippen LogP contribution in [0.3, 0.4) is 0 Å². The molecular weight excluding hydrogens is 473 g/mol. The van der Waals surface area contributed by atoms with Crippen LogP contribution < -0.4 is 5.73 Å². The van der Waals surface area contributed by atoms with Gasteiger partial charge in [0.15, 0.2) is 0 Å². The standard InChI is InChI=1S/C25H23F3N6O2/c1-32-21-17-9-15(7-8-20(17)31-23(29)18(21)11-30-32)25(36)34(33(2)24(35)13-3-4-13)12-16-6-5-14(22(27)28)10-19(16)26/h5-11,13,22H,3-4,12H2,1-2H3,(H2,29,31). The fourth-order valence-electron chi connectivity index (χ4n) is 4.26. The van der Waals surface area contributed by atoms with Crippen LogP contribution in [0.4, 0.5) is 19.0 Å². The van der Waals surface area contributed by atoms with Gasteiger partial charge in [0.05, 0.1) is 29.2 Å². The summed E-state index contributed by atoms with van der Waals surface area (Å²) in [5.41, 5.74) is 7.08. The molecule has 2 N–H and O–H groups in total. The third-order valence-electron chi connectivity index (χ3n) is 6.45. The Kier molecular flexibility index (Phi) is 5.77. The average Bonchev–Trinajstić information content (AvgIpc) is 3.63. The van der Waals surface area contributed by atoms with Crippen molar-refractivity contribution in [1.82, 2.24) is 24.8 Å². The van der Waals surface area contributed by atoms with Gasteiger partial charge in [-0.3, -0.25) is 19.3 Å². The summed E-state index contributed by atoms with van der Waals surface area (Å²) in [4.78, 5) is 30.9. The molecule has 0 radical (unpaired) electrons. The van der Waals surface area contributed by atoms with Crippen LogP contribution in [0, 0.1) is 11.7 Å². The number of carbonyl (C=O) groups excluding carboxylic acids is 2. The number of fused-ring (bicyclic) bond motifs is 3. The third-order valence-corrected chi connectivity index (χ3v) is 6.45. The molecule has 0 unspecified atom stereocenters. The molecule has 2 heterocycles. The first kappa shape index (κ1) is 23.6. The first-order valence-corrected chi connectivity index (χ1v) is 11.3. The predicted molar refractivity (Wildman–Crippen MR) is 127 cm³/mol. The monoisotopic (exact) mass is 496 g/mol. The van der Waals surface area contributed by atoms with Crippen molar-refractivity contribution < 1.29 is 22.8 Å². The molecule has 1 fully saturated rings. The van der Waals surface area contributed by atoms with Crippen molar-refractivity contribution in [3.8, 4) is 0 Å². The summed E-state index contributed by atoms with van der Waals surface area (Å²) < 4.78 is 42.3. The Balaban J connectivity index is 1.56. The van der Waals surface area contributed by atoms with Gasteiger partial charge in [-0.25, -0.2) is 23.2 Å². The van der Waals surface area contributed by atoms with Crippen LogP contribution in [-0.2, 0) is 18.4 Å². The number of nitrogen functional groups attached to an aromatic ring is 1. The summed E-state index contributed by atoms with van der Waals surface area (Å²) in [5.74, 6) is -1.60. The predicted octanol–water partition coefficient (Wildman–Crippen LogP) is 4.21. The number of aryl methyl sites for hydroxylation is 1. The Bertz CT molecular complexity index is 1510. The second kappa shape index (κ2) is 8.81. The van der Waals surface area contributed by atoms with Gasteiger partial charge in [-0.15, -0.1) is 0 Å². The molecule has 1 aliphatic rings. The van der Waals surface area contributed by atoms with E-state index in [1.54, 1.807) is 36.1 Å². The summed E-state index contributed by atoms with van der Waals surface area (Å²) in [6, 6.07) is 7.89. The van der Waals surface area contributed by atoms with Gasteiger partial charge < -0.3 is 5.73 Å². The number of nitrogens with zero attached hydrogens (tertiary/aromatic N) is 5. The van der Waals surface area contributed by atoms with Crippen LogP contribution in [-0.4, -0.2) is 43.6 Å². The van der Waals surface area contributed by atoms with E-state index in [1.807, 2.05) is 0 Å². The van der Waals surface area contributed by atoms with Gasteiger partial charge in [0.1, 0.15) is 11.6 Å². The van der Waals surface area contributed by atoms with Gasteiger partial charge in [-0.2, -0.15) is 5.10 Å². The first-order chi connectivity index (χ1) is 17.2. The minimum Gasteiger partial charge on any atom is -0.383 e. The zero-order valence-electron chi connectivity index (χ0n) is 19.6. The summed E-state index contributed by atoms with van der Waals surface area (Å²) in [5, 5.41) is 7.82. The molecule has 2 aromatic carbocycles. The lowest BCUT2D eigenvalue weighted by molar-refractivity contribution is -0.144. The summed E-state index contributed by atoms with van der Waals surface area (Å²) in [6.45, 7) is -0.317. The number of rotatable bonds is 5. The molecular formula is C25H23F3N6O2. The van der Waals surface area contributed by atoms with Crippen LogP contribution >= 0.6 is 0 Å². The van der Waals surface area contributed by atoms with E-state index in [-0.39, 0.29) is 29.5 Å². The molecule has 0 bridgehead atoms. The molecule has 0 saturated heterocycles. The summed E-state index contributed by atoms with van der Waals surface area (Å²) in [7, 11) is 3.20. The number of hydrogen-bond acceptors (Lipinski definition) is 5. The van der Waals surface area contributed by atoms with Crippen LogP contribution in [0.2, 0.25) is 0 Å². The maximum absolute atomic E-state index is 14.7. The fourth-order valence-corrected chi connectivity index (χ4v) is 4.26. The number of aromatic nitrogens is 3. The number of hydrogen-bond donors (Lipinski definition) is 1. The van der Waals surface area contributed by atoms with E-state index in [9.17, 15) is 22.8 Å². The number of alkyl halides is 2. The smallest absolute Gasteiger partial charge is 0.272 e. The molecule has 11 heteroatoms. The molecule has 1 saturated carbocycles. The molecule has 186 valence electrons. The van der Waals surface area contributed by atoms with Crippen LogP contribution in [0.25, 0.3) is 21.8 Å². The highest BCUT2D eigenvalue weighted by molar-refractivity contribution is 6.10. The third kappa shape index (κ3) is 4.10. The van der Waals surface area contributed by atoms with E-state index in [0.29, 0.717) is 40.5 Å². The van der Waals surface area contributed by atoms with Crippen molar-refractivity contribution in [2.75, 3.05) is 12.8 Å². The van der Waals surface area contributed by atoms with Gasteiger partial charge in [0, 0.05) is 42.1 Å². The Labute approximate surface area is 204 Å². The lowest BCUT2D eigenvalue weighted by Gasteiger charge is -2.32. The number of anilines is 1. The van der Waals surface area contributed by atoms with E-state index >= 15 is 0 Å². The molecule has 0 atom stereocenters. The number of hydrazine groups is 1. The highest BCUT2D eigenvalue weighted by Gasteiger charge is 2.36. The van der Waals surface area contributed by atoms with Crippen molar-refractivity contribution in [3.63, 3.8) is 0 Å². The number of amides is 2. The summed E-state index contributed by atoms with van der Waals surface area (Å²) in [6.07, 6.45) is 0.190. The molecule has 4 aromatic rings. The number of pyridine rings is 1. The lowest BCUT2D eigenvalue weighted by atomic mass is 10.1. The Morgan fingerprint density at radius 2 is 1.92 bits per heavy atom. The van der Waals surface area contributed by atoms with Crippen molar-refractivity contribution in [2.45, 2.75) is 25.8 Å².